The van der Waals surface area contributed by atoms with Gasteiger partial charge in [-0.25, -0.2) is 4.79 Å². The van der Waals surface area contributed by atoms with Crippen LogP contribution in [0.2, 0.25) is 0 Å². The van der Waals surface area contributed by atoms with Crippen LogP contribution in [0, 0.1) is 11.3 Å². The highest BCUT2D eigenvalue weighted by Gasteiger charge is 2.69. The van der Waals surface area contributed by atoms with Gasteiger partial charge in [-0.15, -0.1) is 0 Å². The highest BCUT2D eigenvalue weighted by Crippen LogP contribution is 2.62. The summed E-state index contributed by atoms with van der Waals surface area (Å²) >= 11 is 0. The lowest BCUT2D eigenvalue weighted by atomic mass is 9.75. The van der Waals surface area contributed by atoms with Crippen molar-refractivity contribution in [2.45, 2.75) is 128 Å². The standard InChI is InChI=1S/C29H48N6O5/c1-26(2,3)21(32-25(40)33-27(4,5)6)24(39)35-16-29(15-28(11-12-28)34(29)7)14-19(35)23(38)31-18(20(36)22(30)37)13-17-9-8-10-17/h17-19,21H,8-16H2,1-7H3,(H2,30,37)(H,31,38)(H2,32,33,40)/p+1/t18?,19-,21+,29?/m0/s1. The summed E-state index contributed by atoms with van der Waals surface area (Å²) in [6, 6.07) is -3.02. The Hall–Kier alpha value is -2.53. The quantitative estimate of drug-likeness (QED) is 0.314. The SMILES string of the molecule is CN1C2(CC2)CC12C[C@@H](C(=O)NC(CC1CCC1)C(=O)C(N)=O)N(C(=O)[C@@H](NC(=O)[NH2+]C(C)(C)C)C(C)(C)C)C2. The van der Waals surface area contributed by atoms with Crippen molar-refractivity contribution in [1.29, 1.82) is 0 Å². The fourth-order valence-corrected chi connectivity index (χ4v) is 6.84. The minimum absolute atomic E-state index is 0.161. The molecule has 2 aliphatic carbocycles. The molecule has 0 aromatic heterocycles. The number of nitrogens with zero attached hydrogens (tertiary/aromatic N) is 2. The predicted octanol–water partition coefficient (Wildman–Crippen LogP) is 0.410. The van der Waals surface area contributed by atoms with E-state index in [1.54, 1.807) is 10.2 Å². The first kappa shape index (κ1) is 30.4. The molecule has 224 valence electrons. The number of primary amides is 2. The van der Waals surface area contributed by atoms with Gasteiger partial charge in [0.05, 0.1) is 11.6 Å². The molecule has 11 nitrogen and oxygen atoms in total. The van der Waals surface area contributed by atoms with E-state index < -0.39 is 41.1 Å². The normalized spacial score (nSPS) is 27.5. The van der Waals surface area contributed by atoms with E-state index >= 15 is 0 Å². The minimum Gasteiger partial charge on any atom is -0.363 e. The summed E-state index contributed by atoms with van der Waals surface area (Å²) in [5.41, 5.74) is 4.16. The van der Waals surface area contributed by atoms with Crippen LogP contribution in [0.5, 0.6) is 0 Å². The number of likely N-dealkylation sites (N-methyl/N-ethyl adjacent to an activating group) is 1. The van der Waals surface area contributed by atoms with Gasteiger partial charge in [0.25, 0.3) is 5.91 Å². The Bertz CT molecular complexity index is 1070. The fourth-order valence-electron chi connectivity index (χ4n) is 6.84. The van der Waals surface area contributed by atoms with Crippen LogP contribution >= 0.6 is 0 Å². The van der Waals surface area contributed by atoms with Gasteiger partial charge in [-0.1, -0.05) is 40.0 Å². The van der Waals surface area contributed by atoms with Crippen LogP contribution in [-0.4, -0.2) is 87.7 Å². The summed E-state index contributed by atoms with van der Waals surface area (Å²) < 4.78 is 0. The average Bonchev–Trinajstić information content (AvgIpc) is 3.49. The van der Waals surface area contributed by atoms with Crippen LogP contribution in [0.1, 0.15) is 92.9 Å². The summed E-state index contributed by atoms with van der Waals surface area (Å²) in [4.78, 5) is 69.4. The lowest BCUT2D eigenvalue weighted by Crippen LogP contribution is -2.99. The molecule has 2 aliphatic heterocycles. The predicted molar refractivity (Wildman–Crippen MR) is 149 cm³/mol. The highest BCUT2D eigenvalue weighted by molar-refractivity contribution is 6.37. The number of nitrogens with two attached hydrogens (primary N) is 2. The maximum atomic E-state index is 14.2. The van der Waals surface area contributed by atoms with Crippen molar-refractivity contribution in [1.82, 2.24) is 20.4 Å². The molecule has 0 radical (unpaired) electrons. The Kier molecular flexibility index (Phi) is 7.90. The van der Waals surface area contributed by atoms with Gasteiger partial charge in [-0.2, -0.15) is 0 Å². The third-order valence-corrected chi connectivity index (χ3v) is 9.54. The molecule has 0 aromatic carbocycles. The number of carbonyl (C=O) groups is 5. The van der Waals surface area contributed by atoms with E-state index in [1.807, 2.05) is 41.5 Å². The Balaban J connectivity index is 1.59. The molecule has 4 atom stereocenters. The number of urea groups is 1. The van der Waals surface area contributed by atoms with E-state index in [0.717, 1.165) is 38.5 Å². The average molecular weight is 562 g/mol. The number of hydrogen-bond donors (Lipinski definition) is 4. The molecule has 0 bridgehead atoms. The van der Waals surface area contributed by atoms with Gasteiger partial charge in [0.15, 0.2) is 0 Å². The Morgan fingerprint density at radius 3 is 2.08 bits per heavy atom. The van der Waals surface area contributed by atoms with Crippen LogP contribution in [0.3, 0.4) is 0 Å². The molecule has 2 unspecified atom stereocenters. The zero-order chi connectivity index (χ0) is 29.8. The maximum Gasteiger partial charge on any atom is 0.414 e. The molecular formula is C29H49N6O5+. The second kappa shape index (κ2) is 10.4. The number of hydrogen-bond acceptors (Lipinski definition) is 6. The smallest absolute Gasteiger partial charge is 0.363 e. The Morgan fingerprint density at radius 2 is 1.62 bits per heavy atom. The van der Waals surface area contributed by atoms with Crippen molar-refractivity contribution >= 4 is 29.5 Å². The lowest BCUT2D eigenvalue weighted by Gasteiger charge is -2.56. The molecule has 11 heteroatoms. The largest absolute Gasteiger partial charge is 0.414 e. The van der Waals surface area contributed by atoms with Gasteiger partial charge in [-0.3, -0.25) is 34.7 Å². The number of quaternary nitrogens is 1. The van der Waals surface area contributed by atoms with E-state index in [-0.39, 0.29) is 34.5 Å². The van der Waals surface area contributed by atoms with Crippen LogP contribution < -0.4 is 21.7 Å². The van der Waals surface area contributed by atoms with E-state index in [0.29, 0.717) is 19.4 Å². The molecule has 2 saturated heterocycles. The molecule has 0 aromatic rings. The molecule has 40 heavy (non-hydrogen) atoms. The molecule has 4 fully saturated rings. The second-order valence-electron chi connectivity index (χ2n) is 15.0. The summed E-state index contributed by atoms with van der Waals surface area (Å²) in [7, 11) is 2.07. The topological polar surface area (TPSA) is 159 Å². The number of rotatable bonds is 8. The monoisotopic (exact) mass is 561 g/mol. The zero-order valence-electron chi connectivity index (χ0n) is 25.3. The van der Waals surface area contributed by atoms with Crippen molar-refractivity contribution in [3.63, 3.8) is 0 Å². The van der Waals surface area contributed by atoms with E-state index in [9.17, 15) is 24.0 Å². The molecule has 4 rings (SSSR count). The third-order valence-electron chi connectivity index (χ3n) is 9.54. The van der Waals surface area contributed by atoms with E-state index in [1.165, 1.54) is 0 Å². The minimum atomic E-state index is -1.07. The Morgan fingerprint density at radius 1 is 1.00 bits per heavy atom. The highest BCUT2D eigenvalue weighted by atomic mass is 16.2. The lowest BCUT2D eigenvalue weighted by molar-refractivity contribution is -0.627. The van der Waals surface area contributed by atoms with Gasteiger partial charge in [-0.05, 0) is 71.3 Å². The van der Waals surface area contributed by atoms with Gasteiger partial charge < -0.3 is 16.0 Å². The van der Waals surface area contributed by atoms with Gasteiger partial charge in [0.2, 0.25) is 17.6 Å². The first-order valence-corrected chi connectivity index (χ1v) is 14.7. The summed E-state index contributed by atoms with van der Waals surface area (Å²) in [6.07, 6.45) is 6.87. The van der Waals surface area contributed by atoms with Crippen LogP contribution in [-0.2, 0) is 19.2 Å². The van der Waals surface area contributed by atoms with Crippen molar-refractivity contribution in [2.24, 2.45) is 17.1 Å². The third kappa shape index (κ3) is 6.05. The number of ketones is 1. The first-order chi connectivity index (χ1) is 18.4. The van der Waals surface area contributed by atoms with E-state index in [2.05, 4.69) is 22.6 Å². The molecule has 2 saturated carbocycles. The van der Waals surface area contributed by atoms with Crippen LogP contribution in [0.15, 0.2) is 0 Å². The zero-order valence-corrected chi connectivity index (χ0v) is 25.3. The van der Waals surface area contributed by atoms with Crippen molar-refractivity contribution in [3.05, 3.63) is 0 Å². The number of likely N-dealkylation sites (tertiary alicyclic amines) is 2. The summed E-state index contributed by atoms with van der Waals surface area (Å²) in [6.45, 7) is 11.8. The number of carbonyl (C=O) groups excluding carboxylic acids is 5. The molecule has 2 spiro atoms. The fraction of sp³-hybridized carbons (Fsp3) is 0.828. The molecule has 4 aliphatic rings. The second-order valence-corrected chi connectivity index (χ2v) is 15.0. The summed E-state index contributed by atoms with van der Waals surface area (Å²) in [5, 5.41) is 7.30. The number of amides is 5. The van der Waals surface area contributed by atoms with Crippen LogP contribution in [0.4, 0.5) is 4.79 Å². The summed E-state index contributed by atoms with van der Waals surface area (Å²) in [5.74, 6) is -2.38. The van der Waals surface area contributed by atoms with Gasteiger partial charge >= 0.3 is 6.03 Å². The molecule has 5 amide bonds. The molecule has 2 heterocycles. The molecule has 6 N–H and O–H groups in total. The van der Waals surface area contributed by atoms with Crippen molar-refractivity contribution in [3.8, 4) is 0 Å². The van der Waals surface area contributed by atoms with Crippen molar-refractivity contribution in [2.75, 3.05) is 13.6 Å². The van der Waals surface area contributed by atoms with Crippen LogP contribution in [0.25, 0.3) is 0 Å². The number of Topliss-reactive ketones (excluding diaryl/α,β-unsaturated/α-hetero) is 1. The maximum absolute atomic E-state index is 14.2. The first-order valence-electron chi connectivity index (χ1n) is 14.7. The van der Waals surface area contributed by atoms with E-state index in [4.69, 9.17) is 5.73 Å². The Labute approximate surface area is 237 Å². The van der Waals surface area contributed by atoms with Gasteiger partial charge in [0, 0.05) is 17.6 Å². The van der Waals surface area contributed by atoms with Gasteiger partial charge in [0.1, 0.15) is 12.1 Å². The molecular weight excluding hydrogens is 512 g/mol. The number of nitrogens with one attached hydrogen (secondary N) is 2. The van der Waals surface area contributed by atoms with Crippen molar-refractivity contribution < 1.29 is 29.3 Å².